The molecule has 144 valence electrons. The minimum Gasteiger partial charge on any atom is -0.448 e. The van der Waals surface area contributed by atoms with E-state index in [4.69, 9.17) is 4.42 Å². The van der Waals surface area contributed by atoms with Gasteiger partial charge in [-0.1, -0.05) is 12.1 Å². The first-order chi connectivity index (χ1) is 13.5. The zero-order chi connectivity index (χ0) is 19.8. The molecule has 2 heterocycles. The van der Waals surface area contributed by atoms with Crippen LogP contribution in [-0.4, -0.2) is 41.9 Å². The summed E-state index contributed by atoms with van der Waals surface area (Å²) in [5, 5.41) is 11.4. The van der Waals surface area contributed by atoms with Crippen molar-refractivity contribution in [3.63, 3.8) is 0 Å². The summed E-state index contributed by atoms with van der Waals surface area (Å²) in [5.74, 6) is -0.567. The molecule has 1 aliphatic heterocycles. The lowest BCUT2D eigenvalue weighted by Gasteiger charge is -2.35. The fraction of sp³-hybridized carbons (Fsp3) is 0.250. The van der Waals surface area contributed by atoms with Crippen LogP contribution >= 0.6 is 0 Å². The Hall–Kier alpha value is -3.42. The largest absolute Gasteiger partial charge is 0.448 e. The Bertz CT molecular complexity index is 1050. The molecule has 7 nitrogen and oxygen atoms in total. The van der Waals surface area contributed by atoms with E-state index in [9.17, 15) is 19.3 Å². The first-order valence-corrected chi connectivity index (χ1v) is 8.92. The van der Waals surface area contributed by atoms with Gasteiger partial charge in [0.1, 0.15) is 0 Å². The van der Waals surface area contributed by atoms with Crippen molar-refractivity contribution in [2.75, 3.05) is 31.1 Å². The van der Waals surface area contributed by atoms with Crippen molar-refractivity contribution in [1.29, 1.82) is 0 Å². The van der Waals surface area contributed by atoms with Crippen LogP contribution < -0.4 is 4.90 Å². The molecular formula is C20H18FN3O4. The van der Waals surface area contributed by atoms with Gasteiger partial charge in [-0.3, -0.25) is 14.9 Å². The molecule has 1 saturated heterocycles. The van der Waals surface area contributed by atoms with Crippen LogP contribution in [0.15, 0.2) is 46.9 Å². The number of carbonyl (C=O) groups excluding carboxylic acids is 1. The van der Waals surface area contributed by atoms with Crippen LogP contribution in [0.4, 0.5) is 15.8 Å². The highest BCUT2D eigenvalue weighted by atomic mass is 19.1. The van der Waals surface area contributed by atoms with E-state index < -0.39 is 10.7 Å². The molecule has 0 N–H and O–H groups in total. The van der Waals surface area contributed by atoms with Gasteiger partial charge < -0.3 is 14.2 Å². The van der Waals surface area contributed by atoms with Gasteiger partial charge in [0.05, 0.1) is 4.92 Å². The zero-order valence-corrected chi connectivity index (χ0v) is 15.2. The van der Waals surface area contributed by atoms with Crippen LogP contribution in [0, 0.1) is 22.9 Å². The number of para-hydroxylation sites is 1. The normalized spacial score (nSPS) is 14.5. The maximum absolute atomic E-state index is 13.9. The summed E-state index contributed by atoms with van der Waals surface area (Å²) in [7, 11) is 0. The molecule has 1 aromatic heterocycles. The minimum atomic E-state index is -0.484. The van der Waals surface area contributed by atoms with Gasteiger partial charge in [-0.2, -0.15) is 0 Å². The molecule has 0 radical (unpaired) electrons. The molecule has 1 fully saturated rings. The highest BCUT2D eigenvalue weighted by molar-refractivity contribution is 5.99. The number of benzene rings is 2. The number of piperazine rings is 1. The zero-order valence-electron chi connectivity index (χ0n) is 15.2. The predicted molar refractivity (Wildman–Crippen MR) is 102 cm³/mol. The first kappa shape index (κ1) is 18.0. The second kappa shape index (κ2) is 6.95. The minimum absolute atomic E-state index is 0.0464. The van der Waals surface area contributed by atoms with E-state index in [0.29, 0.717) is 37.1 Å². The SMILES string of the molecule is Cc1c(C(=O)N2CCN(c3ccc([N+](=O)[O-])cc3)CC2)oc2c(F)cccc12. The molecule has 4 rings (SSSR count). The van der Waals surface area contributed by atoms with Crippen molar-refractivity contribution in [2.24, 2.45) is 0 Å². The number of aryl methyl sites for hydroxylation is 1. The lowest BCUT2D eigenvalue weighted by atomic mass is 10.1. The molecule has 0 saturated carbocycles. The molecule has 2 aromatic carbocycles. The van der Waals surface area contributed by atoms with Gasteiger partial charge in [0, 0.05) is 54.9 Å². The second-order valence-electron chi connectivity index (χ2n) is 6.73. The number of anilines is 1. The number of rotatable bonds is 3. The van der Waals surface area contributed by atoms with E-state index >= 15 is 0 Å². The van der Waals surface area contributed by atoms with Gasteiger partial charge in [0.2, 0.25) is 0 Å². The van der Waals surface area contributed by atoms with Gasteiger partial charge in [0.15, 0.2) is 17.2 Å². The van der Waals surface area contributed by atoms with Crippen LogP contribution in [0.3, 0.4) is 0 Å². The first-order valence-electron chi connectivity index (χ1n) is 8.92. The summed E-state index contributed by atoms with van der Waals surface area (Å²) in [6.07, 6.45) is 0. The van der Waals surface area contributed by atoms with Crippen molar-refractivity contribution in [3.8, 4) is 0 Å². The number of non-ortho nitro benzene ring substituents is 1. The number of nitro benzene ring substituents is 1. The molecule has 3 aromatic rings. The van der Waals surface area contributed by atoms with Gasteiger partial charge in [-0.05, 0) is 25.1 Å². The Labute approximate surface area is 160 Å². The highest BCUT2D eigenvalue weighted by Crippen LogP contribution is 2.29. The van der Waals surface area contributed by atoms with Crippen molar-refractivity contribution < 1.29 is 18.5 Å². The maximum Gasteiger partial charge on any atom is 0.290 e. The maximum atomic E-state index is 13.9. The van der Waals surface area contributed by atoms with E-state index in [0.717, 1.165) is 5.69 Å². The quantitative estimate of drug-likeness (QED) is 0.508. The molecule has 0 bridgehead atoms. The lowest BCUT2D eigenvalue weighted by Crippen LogP contribution is -2.48. The molecule has 1 aliphatic rings. The average molecular weight is 383 g/mol. The van der Waals surface area contributed by atoms with Gasteiger partial charge >= 0.3 is 0 Å². The number of hydrogen-bond donors (Lipinski definition) is 0. The fourth-order valence-electron chi connectivity index (χ4n) is 3.51. The molecule has 0 aliphatic carbocycles. The summed E-state index contributed by atoms with van der Waals surface area (Å²) in [6.45, 7) is 3.91. The molecule has 28 heavy (non-hydrogen) atoms. The smallest absolute Gasteiger partial charge is 0.290 e. The Morgan fingerprint density at radius 1 is 1.11 bits per heavy atom. The van der Waals surface area contributed by atoms with E-state index in [1.165, 1.54) is 18.2 Å². The Morgan fingerprint density at radius 3 is 2.39 bits per heavy atom. The molecule has 1 amide bonds. The van der Waals surface area contributed by atoms with Crippen molar-refractivity contribution in [1.82, 2.24) is 4.90 Å². The number of carbonyl (C=O) groups is 1. The Morgan fingerprint density at radius 2 is 1.79 bits per heavy atom. The predicted octanol–water partition coefficient (Wildman–Crippen LogP) is 3.75. The number of nitro groups is 1. The summed E-state index contributed by atoms with van der Waals surface area (Å²) < 4.78 is 19.5. The molecule has 0 unspecified atom stereocenters. The van der Waals surface area contributed by atoms with Crippen LogP contribution in [0.1, 0.15) is 16.1 Å². The molecule has 0 spiro atoms. The van der Waals surface area contributed by atoms with Crippen molar-refractivity contribution in [3.05, 3.63) is 69.7 Å². The molecular weight excluding hydrogens is 365 g/mol. The fourth-order valence-corrected chi connectivity index (χ4v) is 3.51. The highest BCUT2D eigenvalue weighted by Gasteiger charge is 2.27. The van der Waals surface area contributed by atoms with Gasteiger partial charge in [-0.15, -0.1) is 0 Å². The summed E-state index contributed by atoms with van der Waals surface area (Å²) in [5.41, 5.74) is 1.66. The van der Waals surface area contributed by atoms with Crippen LogP contribution in [0.25, 0.3) is 11.0 Å². The van der Waals surface area contributed by atoms with Crippen molar-refractivity contribution in [2.45, 2.75) is 6.92 Å². The summed E-state index contributed by atoms with van der Waals surface area (Å²) in [6, 6.07) is 11.0. The number of hydrogen-bond acceptors (Lipinski definition) is 5. The number of amides is 1. The van der Waals surface area contributed by atoms with Crippen LogP contribution in [-0.2, 0) is 0 Å². The van der Waals surface area contributed by atoms with E-state index in [1.807, 2.05) is 0 Å². The standard InChI is InChI=1S/C20H18FN3O4/c1-13-16-3-2-4-17(21)19(16)28-18(13)20(25)23-11-9-22(10-12-23)14-5-7-15(8-6-14)24(26)27/h2-8H,9-12H2,1H3. The third kappa shape index (κ3) is 3.06. The monoisotopic (exact) mass is 383 g/mol. The van der Waals surface area contributed by atoms with E-state index in [-0.39, 0.29) is 22.9 Å². The second-order valence-corrected chi connectivity index (χ2v) is 6.73. The van der Waals surface area contributed by atoms with Crippen molar-refractivity contribution >= 4 is 28.3 Å². The van der Waals surface area contributed by atoms with Crippen LogP contribution in [0.2, 0.25) is 0 Å². The average Bonchev–Trinajstić information content (AvgIpc) is 3.06. The van der Waals surface area contributed by atoms with Gasteiger partial charge in [0.25, 0.3) is 11.6 Å². The number of fused-ring (bicyclic) bond motifs is 1. The molecule has 8 heteroatoms. The van der Waals surface area contributed by atoms with Gasteiger partial charge in [-0.25, -0.2) is 4.39 Å². The third-order valence-electron chi connectivity index (χ3n) is 5.10. The van der Waals surface area contributed by atoms with E-state index in [1.54, 1.807) is 36.1 Å². The lowest BCUT2D eigenvalue weighted by molar-refractivity contribution is -0.384. The Balaban J connectivity index is 1.48. The third-order valence-corrected chi connectivity index (χ3v) is 5.10. The number of nitrogens with zero attached hydrogens (tertiary/aromatic N) is 3. The van der Waals surface area contributed by atoms with Crippen LogP contribution in [0.5, 0.6) is 0 Å². The number of furan rings is 1. The molecule has 0 atom stereocenters. The summed E-state index contributed by atoms with van der Waals surface area (Å²) in [4.78, 5) is 27.0. The Kier molecular flexibility index (Phi) is 4.46. The topological polar surface area (TPSA) is 79.8 Å². The van der Waals surface area contributed by atoms with E-state index in [2.05, 4.69) is 4.90 Å². The summed E-state index contributed by atoms with van der Waals surface area (Å²) >= 11 is 0. The number of halogens is 1.